The molecule has 1 N–H and O–H groups in total. The van der Waals surface area contributed by atoms with E-state index in [4.69, 9.17) is 4.74 Å². The third-order valence-electron chi connectivity index (χ3n) is 4.67. The number of ether oxygens (including phenoxy) is 1. The van der Waals surface area contributed by atoms with Gasteiger partial charge in [0.1, 0.15) is 17.1 Å². The van der Waals surface area contributed by atoms with Crippen molar-refractivity contribution in [2.45, 2.75) is 26.4 Å². The van der Waals surface area contributed by atoms with Crippen molar-refractivity contribution in [2.24, 2.45) is 4.99 Å². The molecule has 1 aliphatic rings. The van der Waals surface area contributed by atoms with Gasteiger partial charge in [-0.2, -0.15) is 4.90 Å². The summed E-state index contributed by atoms with van der Waals surface area (Å²) in [5.74, 6) is -0.476. The third kappa shape index (κ3) is 4.95. The lowest BCUT2D eigenvalue weighted by Crippen LogP contribution is -2.41. The van der Waals surface area contributed by atoms with Crippen LogP contribution < -0.4 is 5.56 Å². The summed E-state index contributed by atoms with van der Waals surface area (Å²) in [6.07, 6.45) is 7.20. The quantitative estimate of drug-likeness (QED) is 0.614. The van der Waals surface area contributed by atoms with Crippen molar-refractivity contribution in [1.82, 2.24) is 14.9 Å². The fourth-order valence-corrected chi connectivity index (χ4v) is 3.23. The van der Waals surface area contributed by atoms with E-state index in [-0.39, 0.29) is 17.1 Å². The summed E-state index contributed by atoms with van der Waals surface area (Å²) in [5, 5.41) is 0.858. The molecular weight excluding hydrogens is 420 g/mol. The van der Waals surface area contributed by atoms with Gasteiger partial charge in [-0.05, 0) is 68.3 Å². The average molecular weight is 442 g/mol. The largest absolute Gasteiger partial charge is 0.443 e. The van der Waals surface area contributed by atoms with Crippen molar-refractivity contribution in [3.05, 3.63) is 88.1 Å². The minimum Gasteiger partial charge on any atom is -0.443 e. The van der Waals surface area contributed by atoms with Gasteiger partial charge in [0.2, 0.25) is 5.56 Å². The van der Waals surface area contributed by atoms with Crippen LogP contribution in [0.15, 0.2) is 76.4 Å². The lowest BCUT2D eigenvalue weighted by Gasteiger charge is -2.23. The summed E-state index contributed by atoms with van der Waals surface area (Å²) in [6, 6.07) is 12.3. The molecule has 0 bridgehead atoms. The molecule has 3 heterocycles. The number of nitrogens with zero attached hydrogens (tertiary/aromatic N) is 3. The number of aromatic amines is 1. The Kier molecular flexibility index (Phi) is 5.74. The van der Waals surface area contributed by atoms with E-state index in [2.05, 4.69) is 15.0 Å². The number of imide groups is 1. The number of carbonyl (C=O) groups is 2. The van der Waals surface area contributed by atoms with Crippen molar-refractivity contribution >= 4 is 40.9 Å². The van der Waals surface area contributed by atoms with Gasteiger partial charge in [-0.3, -0.25) is 14.6 Å². The van der Waals surface area contributed by atoms with Gasteiger partial charge in [-0.1, -0.05) is 18.2 Å². The van der Waals surface area contributed by atoms with Crippen LogP contribution in [-0.2, 0) is 9.53 Å². The van der Waals surface area contributed by atoms with Crippen LogP contribution in [0.25, 0.3) is 23.1 Å². The first-order chi connectivity index (χ1) is 15.7. The maximum atomic E-state index is 13.2. The van der Waals surface area contributed by atoms with Crippen molar-refractivity contribution in [3.63, 3.8) is 0 Å². The Balaban J connectivity index is 1.75. The van der Waals surface area contributed by atoms with Gasteiger partial charge < -0.3 is 9.72 Å². The summed E-state index contributed by atoms with van der Waals surface area (Å²) >= 11 is 0. The van der Waals surface area contributed by atoms with Gasteiger partial charge in [0, 0.05) is 23.8 Å². The highest BCUT2D eigenvalue weighted by Gasteiger charge is 2.37. The monoisotopic (exact) mass is 442 g/mol. The van der Waals surface area contributed by atoms with Crippen LogP contribution in [0.5, 0.6) is 0 Å². The normalized spacial score (nSPS) is 15.5. The molecule has 0 saturated heterocycles. The van der Waals surface area contributed by atoms with Gasteiger partial charge >= 0.3 is 6.09 Å². The third-order valence-corrected chi connectivity index (χ3v) is 4.67. The van der Waals surface area contributed by atoms with E-state index in [9.17, 15) is 14.4 Å². The Bertz CT molecular complexity index is 1370. The highest BCUT2D eigenvalue weighted by Crippen LogP contribution is 2.25. The second kappa shape index (κ2) is 8.66. The maximum Gasteiger partial charge on any atom is 0.423 e. The fourth-order valence-electron chi connectivity index (χ4n) is 3.23. The number of rotatable bonds is 3. The summed E-state index contributed by atoms with van der Waals surface area (Å²) in [6.45, 7) is 5.16. The molecule has 3 aromatic rings. The van der Waals surface area contributed by atoms with E-state index in [0.29, 0.717) is 5.56 Å². The number of amidine groups is 1. The summed E-state index contributed by atoms with van der Waals surface area (Å²) in [4.78, 5) is 49.5. The Hall–Kier alpha value is -4.33. The molecule has 8 heteroatoms. The minimum atomic E-state index is -0.819. The van der Waals surface area contributed by atoms with E-state index in [1.807, 2.05) is 30.3 Å². The van der Waals surface area contributed by atoms with Gasteiger partial charge in [0.05, 0.1) is 5.52 Å². The Morgan fingerprint density at radius 3 is 2.61 bits per heavy atom. The zero-order valence-corrected chi connectivity index (χ0v) is 18.4. The minimum absolute atomic E-state index is 0.0957. The summed E-state index contributed by atoms with van der Waals surface area (Å²) in [5.41, 5.74) is 1.28. The van der Waals surface area contributed by atoms with Crippen LogP contribution in [0.3, 0.4) is 0 Å². The number of carbonyl (C=O) groups excluding carboxylic acids is 2. The van der Waals surface area contributed by atoms with Crippen molar-refractivity contribution < 1.29 is 14.3 Å². The Morgan fingerprint density at radius 1 is 1.06 bits per heavy atom. The number of benzene rings is 1. The number of aliphatic imine (C=N–C) groups is 1. The number of hydrogen-bond acceptors (Lipinski definition) is 6. The Morgan fingerprint density at radius 2 is 1.88 bits per heavy atom. The standard InChI is InChI=1S/C25H22N4O4/c1-25(2,3)33-24(32)29-21(11-9-16-10-12-22(30)27-15-16)28-20(23(29)31)14-17-6-4-8-19-18(17)7-5-13-26-19/h4-15H,1-3H3,(H,27,30)/b11-9+,20-14-. The van der Waals surface area contributed by atoms with Gasteiger partial charge in [0.15, 0.2) is 0 Å². The van der Waals surface area contributed by atoms with E-state index < -0.39 is 17.6 Å². The maximum absolute atomic E-state index is 13.2. The smallest absolute Gasteiger partial charge is 0.423 e. The van der Waals surface area contributed by atoms with Crippen molar-refractivity contribution in [2.75, 3.05) is 0 Å². The van der Waals surface area contributed by atoms with Crippen LogP contribution in [0.2, 0.25) is 0 Å². The van der Waals surface area contributed by atoms with Crippen LogP contribution in [0.1, 0.15) is 31.9 Å². The number of fused-ring (bicyclic) bond motifs is 1. The van der Waals surface area contributed by atoms with E-state index in [1.165, 1.54) is 18.3 Å². The zero-order valence-electron chi connectivity index (χ0n) is 18.4. The number of nitrogens with one attached hydrogen (secondary N) is 1. The van der Waals surface area contributed by atoms with Gasteiger partial charge in [-0.15, -0.1) is 0 Å². The first-order valence-corrected chi connectivity index (χ1v) is 10.3. The molecule has 0 radical (unpaired) electrons. The van der Waals surface area contributed by atoms with Crippen LogP contribution in [0.4, 0.5) is 4.79 Å². The molecule has 4 rings (SSSR count). The van der Waals surface area contributed by atoms with E-state index >= 15 is 0 Å². The number of pyridine rings is 2. The van der Waals surface area contributed by atoms with Gasteiger partial charge in [0.25, 0.3) is 5.91 Å². The highest BCUT2D eigenvalue weighted by atomic mass is 16.6. The molecule has 0 aliphatic carbocycles. The number of amides is 2. The van der Waals surface area contributed by atoms with E-state index in [0.717, 1.165) is 21.4 Å². The molecule has 0 fully saturated rings. The van der Waals surface area contributed by atoms with Crippen LogP contribution in [-0.4, -0.2) is 38.3 Å². The predicted molar refractivity (Wildman–Crippen MR) is 126 cm³/mol. The molecular formula is C25H22N4O4. The van der Waals surface area contributed by atoms with Crippen LogP contribution in [0, 0.1) is 0 Å². The molecule has 1 aromatic carbocycles. The van der Waals surface area contributed by atoms with E-state index in [1.54, 1.807) is 45.2 Å². The lowest BCUT2D eigenvalue weighted by molar-refractivity contribution is -0.122. The predicted octanol–water partition coefficient (Wildman–Crippen LogP) is 4.15. The number of hydrogen-bond donors (Lipinski definition) is 1. The molecule has 0 saturated carbocycles. The SMILES string of the molecule is CC(C)(C)OC(=O)N1C(=O)/C(=C/c2cccc3ncccc23)N=C1/C=C/c1ccc(=O)[nH]c1. The molecule has 166 valence electrons. The van der Waals surface area contributed by atoms with Crippen LogP contribution >= 0.6 is 0 Å². The molecule has 0 atom stereocenters. The molecule has 0 unspecified atom stereocenters. The van der Waals surface area contributed by atoms with Gasteiger partial charge in [-0.25, -0.2) is 9.79 Å². The fraction of sp³-hybridized carbons (Fsp3) is 0.160. The molecule has 8 nitrogen and oxygen atoms in total. The topological polar surface area (TPSA) is 105 Å². The van der Waals surface area contributed by atoms with Crippen molar-refractivity contribution in [1.29, 1.82) is 0 Å². The molecule has 0 spiro atoms. The number of H-pyrrole nitrogens is 1. The molecule has 2 amide bonds. The lowest BCUT2D eigenvalue weighted by atomic mass is 10.1. The first-order valence-electron chi connectivity index (χ1n) is 10.3. The summed E-state index contributed by atoms with van der Waals surface area (Å²) in [7, 11) is 0. The zero-order chi connectivity index (χ0) is 23.6. The summed E-state index contributed by atoms with van der Waals surface area (Å²) < 4.78 is 5.43. The molecule has 2 aromatic heterocycles. The molecule has 1 aliphatic heterocycles. The second-order valence-corrected chi connectivity index (χ2v) is 8.36. The van der Waals surface area contributed by atoms with Crippen molar-refractivity contribution in [3.8, 4) is 0 Å². The second-order valence-electron chi connectivity index (χ2n) is 8.36. The average Bonchev–Trinajstić information content (AvgIpc) is 3.07. The number of aromatic nitrogens is 2. The highest BCUT2D eigenvalue weighted by molar-refractivity contribution is 6.26. The first kappa shape index (κ1) is 21.9. The Labute approximate surface area is 189 Å². The molecule has 33 heavy (non-hydrogen) atoms.